The Morgan fingerprint density at radius 1 is 1.29 bits per heavy atom. The number of carbonyl (C=O) groups excluding carboxylic acids is 1. The number of hydrogen-bond acceptors (Lipinski definition) is 4. The normalized spacial score (nSPS) is 13.3. The zero-order chi connectivity index (χ0) is 16.5. The van der Waals surface area contributed by atoms with Crippen molar-refractivity contribution >= 4 is 17.4 Å². The number of amides is 1. The molecule has 0 atom stereocenters. The van der Waals surface area contributed by atoms with E-state index in [-0.39, 0.29) is 11.9 Å². The van der Waals surface area contributed by atoms with Crippen molar-refractivity contribution in [2.75, 3.05) is 5.32 Å². The first-order valence-electron chi connectivity index (χ1n) is 7.68. The van der Waals surface area contributed by atoms with Crippen LogP contribution in [0.2, 0.25) is 0 Å². The van der Waals surface area contributed by atoms with Gasteiger partial charge < -0.3 is 0 Å². The van der Waals surface area contributed by atoms with Gasteiger partial charge in [0.2, 0.25) is 5.95 Å². The maximum atomic E-state index is 12.2. The molecule has 6 heteroatoms. The minimum Gasteiger partial charge on any atom is -0.290 e. The molecule has 0 radical (unpaired) electrons. The highest BCUT2D eigenvalue weighted by Crippen LogP contribution is 2.26. The van der Waals surface area contributed by atoms with E-state index in [0.717, 1.165) is 28.9 Å². The molecule has 118 valence electrons. The van der Waals surface area contributed by atoms with Crippen molar-refractivity contribution < 1.29 is 4.79 Å². The Balaban J connectivity index is 1.70. The van der Waals surface area contributed by atoms with Crippen LogP contribution in [0.3, 0.4) is 0 Å². The van der Waals surface area contributed by atoms with E-state index in [9.17, 15) is 4.79 Å². The lowest BCUT2D eigenvalue weighted by Gasteiger charge is -2.05. The molecule has 24 heavy (non-hydrogen) atoms. The molecular formula is C18H15N5O. The van der Waals surface area contributed by atoms with Gasteiger partial charge in [-0.3, -0.25) is 10.1 Å². The molecule has 0 fully saturated rings. The molecule has 6 nitrogen and oxygen atoms in total. The second-order valence-corrected chi connectivity index (χ2v) is 5.51. The second-order valence-electron chi connectivity index (χ2n) is 5.51. The quantitative estimate of drug-likeness (QED) is 0.806. The summed E-state index contributed by atoms with van der Waals surface area (Å²) in [6.07, 6.45) is 9.93. The first-order valence-corrected chi connectivity index (χ1v) is 7.68. The summed E-state index contributed by atoms with van der Waals surface area (Å²) in [5.74, 6) is 0.0888. The third kappa shape index (κ3) is 2.48. The summed E-state index contributed by atoms with van der Waals surface area (Å²) in [6, 6.07) is 7.70. The van der Waals surface area contributed by atoms with Crippen LogP contribution >= 0.6 is 0 Å². The van der Waals surface area contributed by atoms with E-state index < -0.39 is 0 Å². The van der Waals surface area contributed by atoms with Crippen LogP contribution in [0.4, 0.5) is 5.95 Å². The Kier molecular flexibility index (Phi) is 3.42. The first-order chi connectivity index (χ1) is 11.7. The molecule has 1 aliphatic carbocycles. The molecule has 4 rings (SSSR count). The van der Waals surface area contributed by atoms with Gasteiger partial charge in [0.1, 0.15) is 0 Å². The highest BCUT2D eigenvalue weighted by atomic mass is 16.1. The van der Waals surface area contributed by atoms with Gasteiger partial charge in [0.25, 0.3) is 5.91 Å². The maximum Gasteiger partial charge on any atom is 0.257 e. The largest absolute Gasteiger partial charge is 0.290 e. The van der Waals surface area contributed by atoms with Crippen molar-refractivity contribution in [2.24, 2.45) is 0 Å². The summed E-state index contributed by atoms with van der Waals surface area (Å²) < 4.78 is 1.82. The minimum absolute atomic E-state index is 0.197. The molecule has 1 amide bonds. The van der Waals surface area contributed by atoms with E-state index in [2.05, 4.69) is 20.4 Å². The molecular weight excluding hydrogens is 302 g/mol. The van der Waals surface area contributed by atoms with E-state index in [1.165, 1.54) is 0 Å². The van der Waals surface area contributed by atoms with Crippen LogP contribution in [0.1, 0.15) is 12.1 Å². The fourth-order valence-corrected chi connectivity index (χ4v) is 2.79. The Morgan fingerprint density at radius 2 is 2.21 bits per heavy atom. The van der Waals surface area contributed by atoms with Crippen molar-refractivity contribution in [3.05, 3.63) is 66.2 Å². The number of carbonyl (C=O) groups is 1. The van der Waals surface area contributed by atoms with Gasteiger partial charge in [0.05, 0.1) is 16.9 Å². The van der Waals surface area contributed by atoms with Crippen LogP contribution in [0.15, 0.2) is 60.5 Å². The van der Waals surface area contributed by atoms with Crippen molar-refractivity contribution in [1.82, 2.24) is 19.6 Å². The van der Waals surface area contributed by atoms with Crippen LogP contribution in [0.5, 0.6) is 0 Å². The number of aromatic nitrogens is 4. The van der Waals surface area contributed by atoms with E-state index >= 15 is 0 Å². The molecule has 0 spiro atoms. The van der Waals surface area contributed by atoms with Gasteiger partial charge in [-0.1, -0.05) is 24.3 Å². The third-order valence-electron chi connectivity index (χ3n) is 3.89. The summed E-state index contributed by atoms with van der Waals surface area (Å²) in [4.78, 5) is 20.8. The summed E-state index contributed by atoms with van der Waals surface area (Å²) in [6.45, 7) is 1.94. The molecule has 3 aromatic rings. The molecule has 0 saturated carbocycles. The van der Waals surface area contributed by atoms with Gasteiger partial charge in [-0.2, -0.15) is 5.10 Å². The fourth-order valence-electron chi connectivity index (χ4n) is 2.79. The predicted octanol–water partition coefficient (Wildman–Crippen LogP) is 2.92. The molecule has 0 bridgehead atoms. The number of aryl methyl sites for hydroxylation is 1. The lowest BCUT2D eigenvalue weighted by atomic mass is 10.1. The summed E-state index contributed by atoms with van der Waals surface area (Å²) in [5.41, 5.74) is 4.14. The molecule has 0 saturated heterocycles. The number of anilines is 1. The Morgan fingerprint density at radius 3 is 3.04 bits per heavy atom. The van der Waals surface area contributed by atoms with E-state index in [4.69, 9.17) is 0 Å². The van der Waals surface area contributed by atoms with Gasteiger partial charge in [0, 0.05) is 23.5 Å². The SMILES string of the molecule is Cc1nn2ccccc2c1-c1ccnc(NC(=O)C2=CCC=C2)n1. The molecule has 1 N–H and O–H groups in total. The van der Waals surface area contributed by atoms with Crippen LogP contribution < -0.4 is 5.32 Å². The fraction of sp³-hybridized carbons (Fsp3) is 0.111. The number of nitrogens with one attached hydrogen (secondary N) is 1. The lowest BCUT2D eigenvalue weighted by molar-refractivity contribution is -0.112. The molecule has 0 unspecified atom stereocenters. The van der Waals surface area contributed by atoms with Crippen molar-refractivity contribution in [2.45, 2.75) is 13.3 Å². The molecule has 3 heterocycles. The van der Waals surface area contributed by atoms with Crippen LogP contribution in [0, 0.1) is 6.92 Å². The maximum absolute atomic E-state index is 12.2. The smallest absolute Gasteiger partial charge is 0.257 e. The summed E-state index contributed by atoms with van der Waals surface area (Å²) in [5, 5.41) is 7.24. The van der Waals surface area contributed by atoms with Crippen LogP contribution in [0.25, 0.3) is 16.8 Å². The van der Waals surface area contributed by atoms with Crippen molar-refractivity contribution in [1.29, 1.82) is 0 Å². The third-order valence-corrected chi connectivity index (χ3v) is 3.89. The standard InChI is InChI=1S/C18H15N5O/c1-12-16(15-8-4-5-11-23(15)22-12)14-9-10-19-18(20-14)21-17(24)13-6-2-3-7-13/h2,4-11H,3H2,1H3,(H,19,20,21,24). The van der Waals surface area contributed by atoms with E-state index in [1.54, 1.807) is 12.3 Å². The number of allylic oxidation sites excluding steroid dienone is 2. The van der Waals surface area contributed by atoms with Gasteiger partial charge in [0.15, 0.2) is 0 Å². The number of hydrogen-bond donors (Lipinski definition) is 1. The van der Waals surface area contributed by atoms with Crippen molar-refractivity contribution in [3.8, 4) is 11.3 Å². The summed E-state index contributed by atoms with van der Waals surface area (Å²) in [7, 11) is 0. The van der Waals surface area contributed by atoms with E-state index in [0.29, 0.717) is 5.57 Å². The molecule has 0 aromatic carbocycles. The van der Waals surface area contributed by atoms with Crippen LogP contribution in [-0.4, -0.2) is 25.5 Å². The van der Waals surface area contributed by atoms with Crippen molar-refractivity contribution in [3.63, 3.8) is 0 Å². The Bertz CT molecular complexity index is 1000. The molecule has 1 aliphatic rings. The summed E-state index contributed by atoms with van der Waals surface area (Å²) >= 11 is 0. The zero-order valence-corrected chi connectivity index (χ0v) is 13.1. The van der Waals surface area contributed by atoms with Gasteiger partial charge in [-0.15, -0.1) is 0 Å². The average molecular weight is 317 g/mol. The highest BCUT2D eigenvalue weighted by Gasteiger charge is 2.15. The number of rotatable bonds is 3. The van der Waals surface area contributed by atoms with Crippen LogP contribution in [-0.2, 0) is 4.79 Å². The monoisotopic (exact) mass is 317 g/mol. The average Bonchev–Trinajstić information content (AvgIpc) is 3.22. The number of fused-ring (bicyclic) bond motifs is 1. The van der Waals surface area contributed by atoms with E-state index in [1.807, 2.05) is 54.1 Å². The van der Waals surface area contributed by atoms with Gasteiger partial charge in [-0.05, 0) is 31.5 Å². The topological polar surface area (TPSA) is 72.2 Å². The van der Waals surface area contributed by atoms with Gasteiger partial charge >= 0.3 is 0 Å². The van der Waals surface area contributed by atoms with Gasteiger partial charge in [-0.25, -0.2) is 14.5 Å². The highest BCUT2D eigenvalue weighted by molar-refractivity contribution is 6.05. The Labute approximate surface area is 138 Å². The first kappa shape index (κ1) is 14.3. The Hall–Kier alpha value is -3.28. The lowest BCUT2D eigenvalue weighted by Crippen LogP contribution is -2.15. The number of nitrogens with zero attached hydrogens (tertiary/aromatic N) is 4. The zero-order valence-electron chi connectivity index (χ0n) is 13.1. The molecule has 0 aliphatic heterocycles. The minimum atomic E-state index is -0.197. The number of pyridine rings is 1. The molecule has 3 aromatic heterocycles. The second kappa shape index (κ2) is 5.73. The predicted molar refractivity (Wildman–Crippen MR) is 91.4 cm³/mol.